The van der Waals surface area contributed by atoms with Crippen molar-refractivity contribution in [2.24, 2.45) is 11.0 Å². The van der Waals surface area contributed by atoms with Crippen molar-refractivity contribution in [3.8, 4) is 17.6 Å². The van der Waals surface area contributed by atoms with Crippen molar-refractivity contribution in [3.63, 3.8) is 0 Å². The third kappa shape index (κ3) is 5.91. The lowest BCUT2D eigenvalue weighted by atomic mass is 9.86. The van der Waals surface area contributed by atoms with Crippen molar-refractivity contribution in [1.29, 1.82) is 5.26 Å². The van der Waals surface area contributed by atoms with Crippen molar-refractivity contribution in [2.45, 2.75) is 38.6 Å². The second kappa shape index (κ2) is 9.84. The number of ether oxygens (including phenoxy) is 2. The molecule has 7 heteroatoms. The molecular formula is C18H24N4O2S. The monoisotopic (exact) mass is 360 g/mol. The molecule has 1 aromatic carbocycles. The minimum absolute atomic E-state index is 0.0229. The summed E-state index contributed by atoms with van der Waals surface area (Å²) in [5.41, 5.74) is 3.70. The van der Waals surface area contributed by atoms with Crippen molar-refractivity contribution in [3.05, 3.63) is 23.8 Å². The van der Waals surface area contributed by atoms with Gasteiger partial charge in [-0.1, -0.05) is 19.8 Å². The molecule has 1 aliphatic carbocycles. The number of nitriles is 1. The maximum absolute atomic E-state index is 8.58. The number of benzene rings is 1. The molecule has 134 valence electrons. The Bertz CT molecular complexity index is 657. The van der Waals surface area contributed by atoms with E-state index in [1.807, 2.05) is 12.1 Å². The van der Waals surface area contributed by atoms with Crippen LogP contribution in [-0.2, 0) is 0 Å². The maximum Gasteiger partial charge on any atom is 0.187 e. The van der Waals surface area contributed by atoms with Gasteiger partial charge in [-0.15, -0.1) is 0 Å². The van der Waals surface area contributed by atoms with Gasteiger partial charge in [0.2, 0.25) is 0 Å². The van der Waals surface area contributed by atoms with E-state index in [1.165, 1.54) is 19.3 Å². The van der Waals surface area contributed by atoms with E-state index in [0.717, 1.165) is 12.0 Å². The highest BCUT2D eigenvalue weighted by Crippen LogP contribution is 2.27. The van der Waals surface area contributed by atoms with Crippen molar-refractivity contribution in [1.82, 2.24) is 10.7 Å². The molecule has 6 nitrogen and oxygen atoms in total. The van der Waals surface area contributed by atoms with Gasteiger partial charge in [-0.25, -0.2) is 0 Å². The zero-order chi connectivity index (χ0) is 18.1. The highest BCUT2D eigenvalue weighted by molar-refractivity contribution is 7.80. The lowest BCUT2D eigenvalue weighted by Crippen LogP contribution is -2.44. The summed E-state index contributed by atoms with van der Waals surface area (Å²) in [7, 11) is 1.55. The standard InChI is InChI=1S/C18H24N4O2S/c1-13-5-3-4-6-15(13)21-18(25)22-20-12-14-7-8-16(24-10-9-19)17(11-14)23-2/h7-8,11-13,15H,3-6,10H2,1-2H3,(H2,21,22,25)/b20-12-/t13-,15+/m0/s1. The van der Waals surface area contributed by atoms with Gasteiger partial charge in [0.05, 0.1) is 13.3 Å². The van der Waals surface area contributed by atoms with Gasteiger partial charge in [0.1, 0.15) is 6.07 Å². The minimum Gasteiger partial charge on any atom is -0.493 e. The Morgan fingerprint density at radius 2 is 2.20 bits per heavy atom. The first-order chi connectivity index (χ1) is 12.1. The second-order valence-electron chi connectivity index (χ2n) is 6.07. The molecule has 2 atom stereocenters. The van der Waals surface area contributed by atoms with E-state index in [4.69, 9.17) is 27.0 Å². The minimum atomic E-state index is -0.0229. The zero-order valence-corrected chi connectivity index (χ0v) is 15.4. The molecule has 1 fully saturated rings. The van der Waals surface area contributed by atoms with Gasteiger partial charge >= 0.3 is 0 Å². The Morgan fingerprint density at radius 3 is 2.92 bits per heavy atom. The molecule has 2 N–H and O–H groups in total. The highest BCUT2D eigenvalue weighted by atomic mass is 32.1. The van der Waals surface area contributed by atoms with Gasteiger partial charge in [-0.05, 0) is 54.7 Å². The summed E-state index contributed by atoms with van der Waals surface area (Å²) in [4.78, 5) is 0. The summed E-state index contributed by atoms with van der Waals surface area (Å²) in [6.07, 6.45) is 6.59. The third-order valence-corrected chi connectivity index (χ3v) is 4.50. The molecule has 0 saturated heterocycles. The summed E-state index contributed by atoms with van der Waals surface area (Å²) in [6, 6.07) is 7.72. The quantitative estimate of drug-likeness (QED) is 0.461. The molecular weight excluding hydrogens is 336 g/mol. The summed E-state index contributed by atoms with van der Waals surface area (Å²) in [5, 5.41) is 16.6. The largest absolute Gasteiger partial charge is 0.493 e. The van der Waals surface area contributed by atoms with Gasteiger partial charge in [-0.2, -0.15) is 10.4 Å². The van der Waals surface area contributed by atoms with Crippen LogP contribution in [0.1, 0.15) is 38.2 Å². The number of nitrogens with one attached hydrogen (secondary N) is 2. The predicted molar refractivity (Wildman–Crippen MR) is 102 cm³/mol. The van der Waals surface area contributed by atoms with Gasteiger partial charge in [-0.3, -0.25) is 5.43 Å². The molecule has 1 aliphatic rings. The third-order valence-electron chi connectivity index (χ3n) is 4.29. The molecule has 0 spiro atoms. The molecule has 25 heavy (non-hydrogen) atoms. The molecule has 0 heterocycles. The van der Waals surface area contributed by atoms with Crippen LogP contribution in [0.15, 0.2) is 23.3 Å². The summed E-state index contributed by atoms with van der Waals surface area (Å²) in [5.74, 6) is 1.70. The molecule has 1 saturated carbocycles. The van der Waals surface area contributed by atoms with E-state index < -0.39 is 0 Å². The smallest absolute Gasteiger partial charge is 0.187 e. The molecule has 0 aromatic heterocycles. The van der Waals surface area contributed by atoms with Crippen LogP contribution in [-0.4, -0.2) is 31.1 Å². The second-order valence-corrected chi connectivity index (χ2v) is 6.48. The Labute approximate surface area is 154 Å². The Hall–Kier alpha value is -2.33. The molecule has 0 aliphatic heterocycles. The van der Waals surface area contributed by atoms with Crippen LogP contribution in [0.25, 0.3) is 0 Å². The van der Waals surface area contributed by atoms with Crippen LogP contribution in [0.3, 0.4) is 0 Å². The number of methoxy groups -OCH3 is 1. The van der Waals surface area contributed by atoms with Crippen LogP contribution >= 0.6 is 12.2 Å². The SMILES string of the molecule is COc1cc(/C=N\NC(=S)N[C@@H]2CCCC[C@@H]2C)ccc1OCC#N. The van der Waals surface area contributed by atoms with Crippen molar-refractivity contribution < 1.29 is 9.47 Å². The fraction of sp³-hybridized carbons (Fsp3) is 0.500. The fourth-order valence-electron chi connectivity index (χ4n) is 2.89. The Balaban J connectivity index is 1.88. The first-order valence-electron chi connectivity index (χ1n) is 8.41. The van der Waals surface area contributed by atoms with Gasteiger partial charge < -0.3 is 14.8 Å². The number of hydrogen-bond acceptors (Lipinski definition) is 5. The van der Waals surface area contributed by atoms with E-state index in [2.05, 4.69) is 22.8 Å². The summed E-state index contributed by atoms with van der Waals surface area (Å²) < 4.78 is 10.6. The topological polar surface area (TPSA) is 78.7 Å². The van der Waals surface area contributed by atoms with Crippen LogP contribution in [0.5, 0.6) is 11.5 Å². The van der Waals surface area contributed by atoms with E-state index in [0.29, 0.717) is 28.6 Å². The van der Waals surface area contributed by atoms with Crippen molar-refractivity contribution >= 4 is 23.5 Å². The van der Waals surface area contributed by atoms with E-state index in [9.17, 15) is 0 Å². The Kier molecular flexibility index (Phi) is 7.48. The number of thiocarbonyl (C=S) groups is 1. The average molecular weight is 360 g/mol. The molecule has 0 bridgehead atoms. The van der Waals surface area contributed by atoms with Crippen LogP contribution in [0.4, 0.5) is 0 Å². The van der Waals surface area contributed by atoms with Crippen LogP contribution in [0, 0.1) is 17.2 Å². The maximum atomic E-state index is 8.58. The molecule has 2 rings (SSSR count). The van der Waals surface area contributed by atoms with Crippen molar-refractivity contribution in [2.75, 3.05) is 13.7 Å². The lowest BCUT2D eigenvalue weighted by Gasteiger charge is -2.30. The summed E-state index contributed by atoms with van der Waals surface area (Å²) >= 11 is 5.31. The van der Waals surface area contributed by atoms with E-state index >= 15 is 0 Å². The van der Waals surface area contributed by atoms with E-state index in [-0.39, 0.29) is 6.61 Å². The first kappa shape index (κ1) is 19.0. The predicted octanol–water partition coefficient (Wildman–Crippen LogP) is 2.97. The summed E-state index contributed by atoms with van der Waals surface area (Å²) in [6.45, 7) is 2.23. The van der Waals surface area contributed by atoms with Crippen LogP contribution < -0.4 is 20.2 Å². The van der Waals surface area contributed by atoms with E-state index in [1.54, 1.807) is 25.5 Å². The average Bonchev–Trinajstić information content (AvgIpc) is 2.62. The molecule has 0 unspecified atom stereocenters. The van der Waals surface area contributed by atoms with Gasteiger partial charge in [0.15, 0.2) is 23.2 Å². The highest BCUT2D eigenvalue weighted by Gasteiger charge is 2.21. The Morgan fingerprint density at radius 1 is 1.40 bits per heavy atom. The lowest BCUT2D eigenvalue weighted by molar-refractivity contribution is 0.308. The van der Waals surface area contributed by atoms with Gasteiger partial charge in [0.25, 0.3) is 0 Å². The molecule has 1 aromatic rings. The van der Waals surface area contributed by atoms with Gasteiger partial charge in [0, 0.05) is 6.04 Å². The number of nitrogens with zero attached hydrogens (tertiary/aromatic N) is 2. The first-order valence-corrected chi connectivity index (χ1v) is 8.82. The molecule has 0 radical (unpaired) electrons. The zero-order valence-electron chi connectivity index (χ0n) is 14.6. The number of hydrogen-bond donors (Lipinski definition) is 2. The number of rotatable bonds is 6. The fourth-order valence-corrected chi connectivity index (χ4v) is 3.09. The van der Waals surface area contributed by atoms with Crippen LogP contribution in [0.2, 0.25) is 0 Å². The number of hydrazone groups is 1. The molecule has 0 amide bonds. The normalized spacial score (nSPS) is 19.9.